The lowest BCUT2D eigenvalue weighted by Crippen LogP contribution is -2.54. The van der Waals surface area contributed by atoms with E-state index in [2.05, 4.69) is 63.2 Å². The summed E-state index contributed by atoms with van der Waals surface area (Å²) in [6.07, 6.45) is 3.17. The molecule has 1 saturated heterocycles. The molecule has 2 aliphatic heterocycles. The number of halogens is 1. The number of guanidine groups is 1. The fourth-order valence-corrected chi connectivity index (χ4v) is 3.26. The van der Waals surface area contributed by atoms with E-state index < -0.39 is 0 Å². The SMILES string of the molecule is CCCN1C=C(c2ccccc2)N=C(N2CCO[C@H](I)C2)N1. The van der Waals surface area contributed by atoms with Crippen molar-refractivity contribution in [3.63, 3.8) is 0 Å². The summed E-state index contributed by atoms with van der Waals surface area (Å²) in [6.45, 7) is 5.60. The van der Waals surface area contributed by atoms with Gasteiger partial charge in [0.2, 0.25) is 5.96 Å². The third-order valence-corrected chi connectivity index (χ3v) is 4.36. The van der Waals surface area contributed by atoms with E-state index in [0.717, 1.165) is 49.9 Å². The molecule has 0 aromatic heterocycles. The second kappa shape index (κ2) is 7.32. The van der Waals surface area contributed by atoms with Crippen molar-refractivity contribution in [3.8, 4) is 0 Å². The molecule has 0 bridgehead atoms. The maximum atomic E-state index is 5.62. The first-order valence-electron chi connectivity index (χ1n) is 7.66. The average Bonchev–Trinajstić information content (AvgIpc) is 2.56. The van der Waals surface area contributed by atoms with Gasteiger partial charge < -0.3 is 9.64 Å². The number of hydrazine groups is 1. The molecular weight excluding hydrogens is 391 g/mol. The van der Waals surface area contributed by atoms with Gasteiger partial charge in [0.05, 0.1) is 18.8 Å². The summed E-state index contributed by atoms with van der Waals surface area (Å²) in [5.74, 6) is 0.916. The van der Waals surface area contributed by atoms with Gasteiger partial charge in [-0.3, -0.25) is 10.4 Å². The third-order valence-electron chi connectivity index (χ3n) is 3.61. The summed E-state index contributed by atoms with van der Waals surface area (Å²) in [5, 5.41) is 2.13. The van der Waals surface area contributed by atoms with Crippen LogP contribution in [0.15, 0.2) is 41.5 Å². The summed E-state index contributed by atoms with van der Waals surface area (Å²) >= 11 is 2.33. The second-order valence-corrected chi connectivity index (χ2v) is 6.74. The van der Waals surface area contributed by atoms with Gasteiger partial charge >= 0.3 is 0 Å². The molecule has 1 aromatic rings. The molecule has 0 unspecified atom stereocenters. The predicted molar refractivity (Wildman–Crippen MR) is 97.3 cm³/mol. The lowest BCUT2D eigenvalue weighted by molar-refractivity contribution is 0.0522. The normalized spacial score (nSPS) is 22.0. The first kappa shape index (κ1) is 15.6. The van der Waals surface area contributed by atoms with E-state index in [4.69, 9.17) is 9.73 Å². The molecule has 2 aliphatic rings. The quantitative estimate of drug-likeness (QED) is 0.613. The summed E-state index contributed by atoms with van der Waals surface area (Å²) < 4.78 is 5.83. The van der Waals surface area contributed by atoms with Crippen LogP contribution >= 0.6 is 22.6 Å². The Morgan fingerprint density at radius 3 is 2.91 bits per heavy atom. The average molecular weight is 412 g/mol. The summed E-state index contributed by atoms with van der Waals surface area (Å²) in [4.78, 5) is 7.10. The highest BCUT2D eigenvalue weighted by molar-refractivity contribution is 14.1. The van der Waals surface area contributed by atoms with Crippen LogP contribution in [-0.4, -0.2) is 46.2 Å². The highest BCUT2D eigenvalue weighted by atomic mass is 127. The van der Waals surface area contributed by atoms with Crippen LogP contribution in [-0.2, 0) is 4.74 Å². The Morgan fingerprint density at radius 1 is 1.36 bits per heavy atom. The molecule has 0 amide bonds. The van der Waals surface area contributed by atoms with Gasteiger partial charge in [0.1, 0.15) is 4.11 Å². The smallest absolute Gasteiger partial charge is 0.218 e. The maximum absolute atomic E-state index is 5.62. The minimum Gasteiger partial charge on any atom is -0.364 e. The molecule has 1 atom stereocenters. The largest absolute Gasteiger partial charge is 0.364 e. The topological polar surface area (TPSA) is 40.1 Å². The number of morpholine rings is 1. The van der Waals surface area contributed by atoms with Crippen molar-refractivity contribution in [2.24, 2.45) is 4.99 Å². The molecule has 0 spiro atoms. The van der Waals surface area contributed by atoms with Crippen molar-refractivity contribution >= 4 is 34.2 Å². The van der Waals surface area contributed by atoms with Gasteiger partial charge in [0, 0.05) is 24.9 Å². The molecule has 0 radical (unpaired) electrons. The summed E-state index contributed by atoms with van der Waals surface area (Å²) in [5.41, 5.74) is 5.56. The Morgan fingerprint density at radius 2 is 2.18 bits per heavy atom. The number of ether oxygens (including phenoxy) is 1. The number of alkyl halides is 1. The van der Waals surface area contributed by atoms with Gasteiger partial charge in [-0.25, -0.2) is 4.99 Å². The van der Waals surface area contributed by atoms with E-state index in [1.54, 1.807) is 0 Å². The van der Waals surface area contributed by atoms with Gasteiger partial charge in [0.25, 0.3) is 0 Å². The van der Waals surface area contributed by atoms with Gasteiger partial charge in [0.15, 0.2) is 0 Å². The number of nitrogens with one attached hydrogen (secondary N) is 1. The van der Waals surface area contributed by atoms with Crippen LogP contribution in [0, 0.1) is 0 Å². The molecule has 118 valence electrons. The Hall–Kier alpha value is -1.28. The molecule has 2 heterocycles. The lowest BCUT2D eigenvalue weighted by Gasteiger charge is -2.37. The molecule has 0 saturated carbocycles. The Labute approximate surface area is 145 Å². The van der Waals surface area contributed by atoms with Crippen LogP contribution in [0.5, 0.6) is 0 Å². The van der Waals surface area contributed by atoms with Crippen LogP contribution in [0.1, 0.15) is 18.9 Å². The van der Waals surface area contributed by atoms with Gasteiger partial charge in [-0.15, -0.1) is 0 Å². The molecule has 1 N–H and O–H groups in total. The number of aliphatic imine (C=N–C) groups is 1. The van der Waals surface area contributed by atoms with Gasteiger partial charge in [-0.05, 0) is 29.0 Å². The van der Waals surface area contributed by atoms with E-state index in [-0.39, 0.29) is 4.11 Å². The van der Waals surface area contributed by atoms with Crippen molar-refractivity contribution in [1.82, 2.24) is 15.3 Å². The minimum absolute atomic E-state index is 0.210. The monoisotopic (exact) mass is 412 g/mol. The summed E-state index contributed by atoms with van der Waals surface area (Å²) in [7, 11) is 0. The van der Waals surface area contributed by atoms with Gasteiger partial charge in [-0.1, -0.05) is 37.3 Å². The van der Waals surface area contributed by atoms with Crippen LogP contribution in [0.2, 0.25) is 0 Å². The van der Waals surface area contributed by atoms with Crippen LogP contribution in [0.4, 0.5) is 0 Å². The maximum Gasteiger partial charge on any atom is 0.218 e. The Balaban J connectivity index is 1.86. The second-order valence-electron chi connectivity index (χ2n) is 5.35. The number of hydrogen-bond acceptors (Lipinski definition) is 5. The Bertz CT molecular complexity index is 561. The van der Waals surface area contributed by atoms with Crippen molar-refractivity contribution in [2.45, 2.75) is 17.5 Å². The first-order valence-corrected chi connectivity index (χ1v) is 8.90. The fourth-order valence-electron chi connectivity index (χ4n) is 2.53. The van der Waals surface area contributed by atoms with Crippen molar-refractivity contribution in [1.29, 1.82) is 0 Å². The zero-order valence-corrected chi connectivity index (χ0v) is 14.9. The molecule has 22 heavy (non-hydrogen) atoms. The molecule has 0 aliphatic carbocycles. The van der Waals surface area contributed by atoms with Crippen LogP contribution < -0.4 is 5.43 Å². The van der Waals surface area contributed by atoms with E-state index in [0.29, 0.717) is 0 Å². The zero-order valence-electron chi connectivity index (χ0n) is 12.7. The number of benzene rings is 1. The van der Waals surface area contributed by atoms with Crippen LogP contribution in [0.25, 0.3) is 5.70 Å². The van der Waals surface area contributed by atoms with E-state index in [1.165, 1.54) is 0 Å². The van der Waals surface area contributed by atoms with E-state index >= 15 is 0 Å². The molecular formula is C16H21IN4O. The van der Waals surface area contributed by atoms with Gasteiger partial charge in [-0.2, -0.15) is 0 Å². The Kier molecular flexibility index (Phi) is 5.20. The molecule has 5 nitrogen and oxygen atoms in total. The number of rotatable bonds is 3. The van der Waals surface area contributed by atoms with Crippen molar-refractivity contribution < 1.29 is 4.74 Å². The first-order chi connectivity index (χ1) is 10.8. The van der Waals surface area contributed by atoms with E-state index in [1.807, 2.05) is 18.2 Å². The highest BCUT2D eigenvalue weighted by Crippen LogP contribution is 2.21. The molecule has 1 aromatic carbocycles. The third kappa shape index (κ3) is 3.73. The van der Waals surface area contributed by atoms with E-state index in [9.17, 15) is 0 Å². The molecule has 6 heteroatoms. The predicted octanol–water partition coefficient (Wildman–Crippen LogP) is 2.66. The molecule has 3 rings (SSSR count). The minimum atomic E-state index is 0.210. The molecule has 1 fully saturated rings. The summed E-state index contributed by atoms with van der Waals surface area (Å²) in [6, 6.07) is 10.3. The van der Waals surface area contributed by atoms with Crippen molar-refractivity contribution in [2.75, 3.05) is 26.2 Å². The van der Waals surface area contributed by atoms with Crippen LogP contribution in [0.3, 0.4) is 0 Å². The van der Waals surface area contributed by atoms with Crippen molar-refractivity contribution in [3.05, 3.63) is 42.1 Å². The fraction of sp³-hybridized carbons (Fsp3) is 0.438. The standard InChI is InChI=1S/C16H21IN4O/c1-2-8-21-11-14(13-6-4-3-5-7-13)18-16(19-21)20-9-10-22-15(17)12-20/h3-7,11,15H,2,8-10,12H2,1H3,(H,18,19)/t15-/m0/s1. The lowest BCUT2D eigenvalue weighted by atomic mass is 10.1. The highest BCUT2D eigenvalue weighted by Gasteiger charge is 2.24. The number of hydrogen-bond donors (Lipinski definition) is 1. The zero-order chi connectivity index (χ0) is 15.4. The number of nitrogens with zero attached hydrogens (tertiary/aromatic N) is 3.